The molecule has 0 radical (unpaired) electrons. The number of benzene rings is 1. The van der Waals surface area contributed by atoms with Gasteiger partial charge in [-0.15, -0.1) is 0 Å². The quantitative estimate of drug-likeness (QED) is 0.340. The van der Waals surface area contributed by atoms with E-state index < -0.39 is 0 Å². The number of fused-ring (bicyclic) bond motifs is 1. The Balaban J connectivity index is 1.13. The summed E-state index contributed by atoms with van der Waals surface area (Å²) in [6, 6.07) is 12.2. The van der Waals surface area contributed by atoms with E-state index in [0.29, 0.717) is 17.3 Å². The molecule has 9 nitrogen and oxygen atoms in total. The zero-order valence-electron chi connectivity index (χ0n) is 23.8. The van der Waals surface area contributed by atoms with Gasteiger partial charge in [-0.05, 0) is 93.2 Å². The van der Waals surface area contributed by atoms with Crippen molar-refractivity contribution in [2.24, 2.45) is 5.92 Å². The number of hydrogen-bond donors (Lipinski definition) is 2. The molecule has 0 spiro atoms. The van der Waals surface area contributed by atoms with Gasteiger partial charge in [0, 0.05) is 48.7 Å². The second-order valence-corrected chi connectivity index (χ2v) is 11.5. The molecule has 9 heteroatoms. The molecule has 1 unspecified atom stereocenters. The van der Waals surface area contributed by atoms with Crippen LogP contribution in [0.3, 0.4) is 0 Å². The van der Waals surface area contributed by atoms with E-state index in [2.05, 4.69) is 48.4 Å². The van der Waals surface area contributed by atoms with Crippen molar-refractivity contribution in [2.75, 3.05) is 51.8 Å². The van der Waals surface area contributed by atoms with E-state index in [0.717, 1.165) is 79.1 Å². The van der Waals surface area contributed by atoms with Crippen LogP contribution in [0, 0.1) is 5.92 Å². The lowest BCUT2D eigenvalue weighted by molar-refractivity contribution is 0.0341. The number of hydrogen-bond acceptors (Lipinski definition) is 7. The van der Waals surface area contributed by atoms with Crippen LogP contribution in [0.4, 0.5) is 5.69 Å². The minimum absolute atomic E-state index is 0.259. The van der Waals surface area contributed by atoms with Crippen LogP contribution in [0.25, 0.3) is 22.0 Å². The Bertz CT molecular complexity index is 1460. The van der Waals surface area contributed by atoms with E-state index in [1.54, 1.807) is 6.20 Å². The van der Waals surface area contributed by atoms with Gasteiger partial charge < -0.3 is 15.0 Å². The molecule has 1 amide bonds. The lowest BCUT2D eigenvalue weighted by atomic mass is 9.91. The second kappa shape index (κ2) is 12.9. The molecular weight excluding hydrogens is 514 g/mol. The first-order valence-electron chi connectivity index (χ1n) is 14.8. The molecule has 2 fully saturated rings. The Morgan fingerprint density at radius 2 is 1.90 bits per heavy atom. The number of H-pyrrole nitrogens is 1. The van der Waals surface area contributed by atoms with Gasteiger partial charge >= 0.3 is 0 Å². The smallest absolute Gasteiger partial charge is 0.276 e. The van der Waals surface area contributed by atoms with Crippen molar-refractivity contribution in [1.29, 1.82) is 0 Å². The summed E-state index contributed by atoms with van der Waals surface area (Å²) in [6.07, 6.45) is 11.5. The van der Waals surface area contributed by atoms with Gasteiger partial charge in [0.1, 0.15) is 0 Å². The fourth-order valence-corrected chi connectivity index (χ4v) is 5.90. The fourth-order valence-electron chi connectivity index (χ4n) is 5.90. The number of anilines is 1. The number of carbonyl (C=O) groups is 1. The summed E-state index contributed by atoms with van der Waals surface area (Å²) in [5.41, 5.74) is 6.10. The highest BCUT2D eigenvalue weighted by atomic mass is 16.5. The first-order valence-corrected chi connectivity index (χ1v) is 14.8. The summed E-state index contributed by atoms with van der Waals surface area (Å²) in [5, 5.41) is 11.1. The van der Waals surface area contributed by atoms with Crippen molar-refractivity contribution in [3.05, 3.63) is 71.9 Å². The molecule has 1 aromatic carbocycles. The molecule has 5 heterocycles. The topological polar surface area (TPSA) is 99.3 Å². The number of aromatic amines is 1. The van der Waals surface area contributed by atoms with Crippen LogP contribution in [0.5, 0.6) is 0 Å². The number of likely N-dealkylation sites (tertiary alicyclic amines) is 1. The zero-order chi connectivity index (χ0) is 28.0. The number of ether oxygens (including phenoxy) is 1. The minimum atomic E-state index is -0.259. The molecule has 6 rings (SSSR count). The van der Waals surface area contributed by atoms with E-state index >= 15 is 0 Å². The molecule has 2 aliphatic rings. The van der Waals surface area contributed by atoms with Gasteiger partial charge in [0.2, 0.25) is 0 Å². The summed E-state index contributed by atoms with van der Waals surface area (Å²) < 4.78 is 5.47. The summed E-state index contributed by atoms with van der Waals surface area (Å²) in [7, 11) is 2.21. The van der Waals surface area contributed by atoms with Gasteiger partial charge in [0.25, 0.3) is 5.91 Å². The number of aromatic nitrogens is 4. The SMILES string of the molecule is CN1CCCCC(Cc2ccc(NC(=O)c3n[nH]c4ccc(-c5cncc(CN6CCOCC6)c5)cc34)cn2)CC1. The maximum Gasteiger partial charge on any atom is 0.276 e. The molecule has 41 heavy (non-hydrogen) atoms. The summed E-state index contributed by atoms with van der Waals surface area (Å²) >= 11 is 0. The monoisotopic (exact) mass is 553 g/mol. The lowest BCUT2D eigenvalue weighted by Crippen LogP contribution is -2.35. The van der Waals surface area contributed by atoms with Gasteiger partial charge in [-0.2, -0.15) is 5.10 Å². The number of nitrogens with one attached hydrogen (secondary N) is 2. The Morgan fingerprint density at radius 3 is 2.76 bits per heavy atom. The lowest BCUT2D eigenvalue weighted by Gasteiger charge is -2.26. The molecular formula is C32H39N7O2. The van der Waals surface area contributed by atoms with Crippen molar-refractivity contribution in [1.82, 2.24) is 30.0 Å². The highest BCUT2D eigenvalue weighted by Gasteiger charge is 2.18. The molecule has 0 saturated carbocycles. The number of nitrogens with zero attached hydrogens (tertiary/aromatic N) is 5. The van der Waals surface area contributed by atoms with Crippen LogP contribution in [0.15, 0.2) is 55.0 Å². The third-order valence-corrected chi connectivity index (χ3v) is 8.32. The Kier molecular flexibility index (Phi) is 8.65. The zero-order valence-corrected chi connectivity index (χ0v) is 23.8. The van der Waals surface area contributed by atoms with Crippen LogP contribution >= 0.6 is 0 Å². The van der Waals surface area contributed by atoms with Crippen molar-refractivity contribution in [3.8, 4) is 11.1 Å². The first kappa shape index (κ1) is 27.5. The van der Waals surface area contributed by atoms with Crippen LogP contribution in [-0.2, 0) is 17.7 Å². The van der Waals surface area contributed by atoms with Crippen LogP contribution in [0.2, 0.25) is 0 Å². The largest absolute Gasteiger partial charge is 0.379 e. The van der Waals surface area contributed by atoms with Crippen molar-refractivity contribution in [2.45, 2.75) is 38.6 Å². The second-order valence-electron chi connectivity index (χ2n) is 11.5. The Morgan fingerprint density at radius 1 is 1.00 bits per heavy atom. The number of rotatable bonds is 7. The maximum absolute atomic E-state index is 13.3. The van der Waals surface area contributed by atoms with E-state index in [4.69, 9.17) is 4.74 Å². The van der Waals surface area contributed by atoms with Crippen LogP contribution in [0.1, 0.15) is 47.4 Å². The summed E-state index contributed by atoms with van der Waals surface area (Å²) in [6.45, 7) is 6.60. The minimum Gasteiger partial charge on any atom is -0.379 e. The summed E-state index contributed by atoms with van der Waals surface area (Å²) in [4.78, 5) is 27.2. The summed E-state index contributed by atoms with van der Waals surface area (Å²) in [5.74, 6) is 0.399. The van der Waals surface area contributed by atoms with Gasteiger partial charge in [0.15, 0.2) is 5.69 Å². The average Bonchev–Trinajstić information content (AvgIpc) is 3.42. The van der Waals surface area contributed by atoms with Gasteiger partial charge in [-0.3, -0.25) is 24.8 Å². The van der Waals surface area contributed by atoms with Gasteiger partial charge in [-0.25, -0.2) is 0 Å². The van der Waals surface area contributed by atoms with E-state index in [-0.39, 0.29) is 5.91 Å². The number of amides is 1. The van der Waals surface area contributed by atoms with Crippen LogP contribution in [-0.4, -0.2) is 82.3 Å². The number of pyridine rings is 2. The highest BCUT2D eigenvalue weighted by molar-refractivity contribution is 6.11. The third kappa shape index (κ3) is 6.98. The molecule has 0 aliphatic carbocycles. The predicted molar refractivity (Wildman–Crippen MR) is 161 cm³/mol. The van der Waals surface area contributed by atoms with Crippen molar-refractivity contribution >= 4 is 22.5 Å². The number of carbonyl (C=O) groups excluding carboxylic acids is 1. The molecule has 0 bridgehead atoms. The first-order chi connectivity index (χ1) is 20.1. The fraction of sp³-hybridized carbons (Fsp3) is 0.438. The standard InChI is InChI=1S/C32H39N7O2/c1-38-10-3-2-4-23(9-11-38)17-27-6-7-28(21-34-27)35-32(40)31-29-18-25(5-8-30(29)36-37-31)26-16-24(19-33-20-26)22-39-12-14-41-15-13-39/h5-8,16,18-21,23H,2-4,9-15,17,22H2,1H3,(H,35,40)(H,36,37). The Labute approximate surface area is 241 Å². The van der Waals surface area contributed by atoms with E-state index in [9.17, 15) is 4.79 Å². The van der Waals surface area contributed by atoms with Gasteiger partial charge in [-0.1, -0.05) is 12.5 Å². The molecule has 214 valence electrons. The third-order valence-electron chi connectivity index (χ3n) is 8.32. The Hall–Kier alpha value is -3.66. The molecule has 2 saturated heterocycles. The molecule has 2 aliphatic heterocycles. The predicted octanol–water partition coefficient (Wildman–Crippen LogP) is 4.77. The maximum atomic E-state index is 13.3. The van der Waals surface area contributed by atoms with E-state index in [1.807, 2.05) is 42.7 Å². The van der Waals surface area contributed by atoms with Crippen molar-refractivity contribution in [3.63, 3.8) is 0 Å². The molecule has 3 aromatic heterocycles. The van der Waals surface area contributed by atoms with Gasteiger partial charge in [0.05, 0.1) is 30.6 Å². The molecule has 1 atom stereocenters. The highest BCUT2D eigenvalue weighted by Crippen LogP contribution is 2.27. The van der Waals surface area contributed by atoms with Crippen LogP contribution < -0.4 is 5.32 Å². The molecule has 2 N–H and O–H groups in total. The van der Waals surface area contributed by atoms with E-state index in [1.165, 1.54) is 32.2 Å². The number of morpholine rings is 1. The van der Waals surface area contributed by atoms with Crippen molar-refractivity contribution < 1.29 is 9.53 Å². The normalized spacial score (nSPS) is 19.1. The molecule has 4 aromatic rings. The average molecular weight is 554 g/mol.